The summed E-state index contributed by atoms with van der Waals surface area (Å²) in [6, 6.07) is 0. The molecule has 0 aromatic heterocycles. The van der Waals surface area contributed by atoms with Crippen molar-refractivity contribution in [2.45, 2.75) is 52.9 Å². The predicted octanol–water partition coefficient (Wildman–Crippen LogP) is 3.01. The summed E-state index contributed by atoms with van der Waals surface area (Å²) < 4.78 is 9.73. The highest BCUT2D eigenvalue weighted by Crippen LogP contribution is 2.12. The summed E-state index contributed by atoms with van der Waals surface area (Å²) in [5.74, 6) is -0.891. The van der Waals surface area contributed by atoms with Crippen LogP contribution >= 0.6 is 0 Å². The number of hydrogen-bond donors (Lipinski definition) is 0. The molecule has 0 aliphatic carbocycles. The molecule has 0 aromatic rings. The van der Waals surface area contributed by atoms with Crippen LogP contribution in [0.3, 0.4) is 0 Å². The van der Waals surface area contributed by atoms with Crippen molar-refractivity contribution in [3.8, 4) is 0 Å². The summed E-state index contributed by atoms with van der Waals surface area (Å²) in [6.07, 6.45) is 6.03. The van der Waals surface area contributed by atoms with Crippen molar-refractivity contribution in [3.63, 3.8) is 0 Å². The van der Waals surface area contributed by atoms with Crippen LogP contribution in [-0.4, -0.2) is 25.2 Å². The van der Waals surface area contributed by atoms with Crippen molar-refractivity contribution in [2.24, 2.45) is 0 Å². The second-order valence-electron chi connectivity index (χ2n) is 3.95. The zero-order chi connectivity index (χ0) is 13.8. The molecule has 0 N–H and O–H groups in total. The van der Waals surface area contributed by atoms with E-state index in [0.29, 0.717) is 25.2 Å². The van der Waals surface area contributed by atoms with Crippen LogP contribution in [0.4, 0.5) is 0 Å². The lowest BCUT2D eigenvalue weighted by atomic mass is 10.1. The summed E-state index contributed by atoms with van der Waals surface area (Å²) in [6.45, 7) is 6.23. The molecule has 0 spiro atoms. The van der Waals surface area contributed by atoms with Crippen LogP contribution in [0.2, 0.25) is 0 Å². The van der Waals surface area contributed by atoms with Crippen LogP contribution < -0.4 is 0 Å². The molecular formula is C14H24O4. The summed E-state index contributed by atoms with van der Waals surface area (Å²) in [5, 5.41) is 0. The number of hydrogen-bond acceptors (Lipinski definition) is 4. The van der Waals surface area contributed by atoms with Gasteiger partial charge >= 0.3 is 11.9 Å². The monoisotopic (exact) mass is 256 g/mol. The van der Waals surface area contributed by atoms with Crippen molar-refractivity contribution in [2.75, 3.05) is 13.2 Å². The van der Waals surface area contributed by atoms with Gasteiger partial charge in [-0.2, -0.15) is 0 Å². The summed E-state index contributed by atoms with van der Waals surface area (Å²) in [7, 11) is 0. The van der Waals surface area contributed by atoms with Crippen LogP contribution in [0.5, 0.6) is 0 Å². The van der Waals surface area contributed by atoms with Crippen LogP contribution in [0.25, 0.3) is 0 Å². The second kappa shape index (κ2) is 10.8. The smallest absolute Gasteiger partial charge is 0.334 e. The summed E-state index contributed by atoms with van der Waals surface area (Å²) >= 11 is 0. The number of carbonyl (C=O) groups excluding carboxylic acids is 2. The molecule has 0 radical (unpaired) electrons. The Bertz CT molecular complexity index is 282. The van der Waals surface area contributed by atoms with Gasteiger partial charge in [0.15, 0.2) is 0 Å². The normalized spacial score (nSPS) is 11.2. The molecule has 4 heteroatoms. The number of carbonyl (C=O) groups is 2. The first-order valence-electron chi connectivity index (χ1n) is 6.70. The Morgan fingerprint density at radius 2 is 1.61 bits per heavy atom. The molecule has 0 bridgehead atoms. The molecule has 0 fully saturated rings. The van der Waals surface area contributed by atoms with E-state index in [1.165, 1.54) is 6.08 Å². The number of esters is 2. The van der Waals surface area contributed by atoms with Gasteiger partial charge < -0.3 is 9.47 Å². The van der Waals surface area contributed by atoms with Crippen molar-refractivity contribution in [1.29, 1.82) is 0 Å². The van der Waals surface area contributed by atoms with Gasteiger partial charge in [-0.1, -0.05) is 26.2 Å². The van der Waals surface area contributed by atoms with Gasteiger partial charge in [0.1, 0.15) is 0 Å². The molecule has 18 heavy (non-hydrogen) atoms. The summed E-state index contributed by atoms with van der Waals surface area (Å²) in [4.78, 5) is 23.0. The average molecular weight is 256 g/mol. The van der Waals surface area contributed by atoms with Crippen LogP contribution in [0, 0.1) is 0 Å². The molecule has 104 valence electrons. The molecule has 0 heterocycles. The molecule has 0 aromatic carbocycles. The van der Waals surface area contributed by atoms with Crippen LogP contribution in [0.15, 0.2) is 11.6 Å². The first-order valence-corrected chi connectivity index (χ1v) is 6.70. The Morgan fingerprint density at radius 1 is 0.944 bits per heavy atom. The minimum Gasteiger partial charge on any atom is -0.463 e. The fraction of sp³-hybridized carbons (Fsp3) is 0.714. The zero-order valence-electron chi connectivity index (χ0n) is 11.7. The molecule has 4 nitrogen and oxygen atoms in total. The van der Waals surface area contributed by atoms with Gasteiger partial charge in [-0.05, 0) is 26.7 Å². The summed E-state index contributed by atoms with van der Waals surface area (Å²) in [5.41, 5.74) is 0.409. The zero-order valence-corrected chi connectivity index (χ0v) is 11.7. The van der Waals surface area contributed by atoms with Crippen molar-refractivity contribution in [3.05, 3.63) is 11.6 Å². The highest BCUT2D eigenvalue weighted by atomic mass is 16.5. The highest BCUT2D eigenvalue weighted by molar-refractivity contribution is 5.96. The Hall–Kier alpha value is -1.32. The van der Waals surface area contributed by atoms with Gasteiger partial charge in [-0.15, -0.1) is 0 Å². The quantitative estimate of drug-likeness (QED) is 0.361. The van der Waals surface area contributed by atoms with Crippen LogP contribution in [-0.2, 0) is 19.1 Å². The maximum atomic E-state index is 11.6. The molecule has 0 aliphatic rings. The van der Waals surface area contributed by atoms with Gasteiger partial charge in [0.2, 0.25) is 0 Å². The van der Waals surface area contributed by atoms with E-state index in [9.17, 15) is 9.59 Å². The van der Waals surface area contributed by atoms with Crippen molar-refractivity contribution < 1.29 is 19.1 Å². The van der Waals surface area contributed by atoms with E-state index < -0.39 is 11.9 Å². The predicted molar refractivity (Wildman–Crippen MR) is 70.1 cm³/mol. The topological polar surface area (TPSA) is 52.6 Å². The fourth-order valence-corrected chi connectivity index (χ4v) is 1.53. The van der Waals surface area contributed by atoms with Crippen molar-refractivity contribution >= 4 is 11.9 Å². The Balaban J connectivity index is 4.41. The van der Waals surface area contributed by atoms with Gasteiger partial charge in [0.05, 0.1) is 13.2 Å². The SMILES string of the molecule is CCCCCC/C(=C/C(=O)OCC)C(=O)OCC. The van der Waals surface area contributed by atoms with Gasteiger partial charge in [-0.25, -0.2) is 9.59 Å². The molecule has 0 unspecified atom stereocenters. The first-order chi connectivity index (χ1) is 8.65. The lowest BCUT2D eigenvalue weighted by Crippen LogP contribution is -2.11. The maximum Gasteiger partial charge on any atom is 0.334 e. The molecule has 0 saturated heterocycles. The van der Waals surface area contributed by atoms with E-state index in [1.54, 1.807) is 13.8 Å². The molecule has 0 rings (SSSR count). The van der Waals surface area contributed by atoms with Gasteiger partial charge in [0.25, 0.3) is 0 Å². The lowest BCUT2D eigenvalue weighted by Gasteiger charge is -2.07. The standard InChI is InChI=1S/C14H24O4/c1-4-7-8-9-10-12(14(16)18-6-3)11-13(15)17-5-2/h11H,4-10H2,1-3H3/b12-11-. The Labute approximate surface area is 109 Å². The van der Waals surface area contributed by atoms with E-state index in [-0.39, 0.29) is 0 Å². The number of ether oxygens (including phenoxy) is 2. The Morgan fingerprint density at radius 3 is 2.17 bits per heavy atom. The largest absolute Gasteiger partial charge is 0.463 e. The second-order valence-corrected chi connectivity index (χ2v) is 3.95. The third-order valence-corrected chi connectivity index (χ3v) is 2.42. The van der Waals surface area contributed by atoms with E-state index in [4.69, 9.17) is 9.47 Å². The van der Waals surface area contributed by atoms with Crippen LogP contribution in [0.1, 0.15) is 52.9 Å². The van der Waals surface area contributed by atoms with Gasteiger partial charge in [-0.3, -0.25) is 0 Å². The average Bonchev–Trinajstić information content (AvgIpc) is 2.33. The minimum atomic E-state index is -0.476. The van der Waals surface area contributed by atoms with E-state index in [0.717, 1.165) is 25.7 Å². The highest BCUT2D eigenvalue weighted by Gasteiger charge is 2.12. The van der Waals surface area contributed by atoms with Crippen molar-refractivity contribution in [1.82, 2.24) is 0 Å². The maximum absolute atomic E-state index is 11.6. The van der Waals surface area contributed by atoms with Gasteiger partial charge in [0, 0.05) is 11.6 Å². The molecule has 0 atom stereocenters. The third kappa shape index (κ3) is 7.87. The fourth-order valence-electron chi connectivity index (χ4n) is 1.53. The van der Waals surface area contributed by atoms with E-state index >= 15 is 0 Å². The van der Waals surface area contributed by atoms with E-state index in [2.05, 4.69) is 6.92 Å². The molecular weight excluding hydrogens is 232 g/mol. The molecule has 0 saturated carbocycles. The Kier molecular flexibility index (Phi) is 10.0. The number of rotatable bonds is 9. The first kappa shape index (κ1) is 16.7. The third-order valence-electron chi connectivity index (χ3n) is 2.42. The lowest BCUT2D eigenvalue weighted by molar-refractivity contribution is -0.141. The number of unbranched alkanes of at least 4 members (excludes halogenated alkanes) is 3. The molecule has 0 amide bonds. The molecule has 0 aliphatic heterocycles. The minimum absolute atomic E-state index is 0.307. The van der Waals surface area contributed by atoms with E-state index in [1.807, 2.05) is 0 Å².